The molecular weight excluding hydrogens is 396 g/mol. The third kappa shape index (κ3) is 3.75. The maximum atomic E-state index is 12.8. The number of hydrogen-bond acceptors (Lipinski definition) is 5. The van der Waals surface area contributed by atoms with Crippen LogP contribution < -0.4 is 15.5 Å². The molecule has 1 aromatic heterocycles. The van der Waals surface area contributed by atoms with Gasteiger partial charge in [0.05, 0.1) is 6.20 Å². The number of H-pyrrole nitrogens is 1. The van der Waals surface area contributed by atoms with Crippen LogP contribution in [0, 0.1) is 5.92 Å². The number of urea groups is 1. The molecule has 9 nitrogen and oxygen atoms in total. The lowest BCUT2D eigenvalue weighted by atomic mass is 9.87. The normalized spacial score (nSPS) is 23.6. The van der Waals surface area contributed by atoms with E-state index < -0.39 is 11.6 Å². The predicted octanol–water partition coefficient (Wildman–Crippen LogP) is 1.49. The van der Waals surface area contributed by atoms with E-state index in [0.717, 1.165) is 42.7 Å². The average Bonchev–Trinajstić information content (AvgIpc) is 3.41. The Kier molecular flexibility index (Phi) is 4.88. The number of amides is 4. The van der Waals surface area contributed by atoms with Crippen molar-refractivity contribution in [3.05, 3.63) is 36.7 Å². The molecule has 2 saturated heterocycles. The molecule has 1 unspecified atom stereocenters. The van der Waals surface area contributed by atoms with E-state index in [0.29, 0.717) is 19.5 Å². The first-order valence-corrected chi connectivity index (χ1v) is 10.8. The number of aromatic amines is 1. The average molecular weight is 422 g/mol. The molecule has 162 valence electrons. The second kappa shape index (κ2) is 7.72. The van der Waals surface area contributed by atoms with Crippen LogP contribution >= 0.6 is 0 Å². The number of imide groups is 1. The summed E-state index contributed by atoms with van der Waals surface area (Å²) in [4.78, 5) is 41.0. The Morgan fingerprint density at radius 3 is 2.58 bits per heavy atom. The molecule has 0 bridgehead atoms. The van der Waals surface area contributed by atoms with Gasteiger partial charge in [-0.15, -0.1) is 0 Å². The molecular formula is C22H26N6O3. The molecule has 2 aromatic rings. The van der Waals surface area contributed by atoms with Gasteiger partial charge in [0.2, 0.25) is 5.91 Å². The molecule has 1 aromatic carbocycles. The molecule has 0 radical (unpaired) electrons. The third-order valence-corrected chi connectivity index (χ3v) is 6.65. The van der Waals surface area contributed by atoms with Crippen LogP contribution in [0.2, 0.25) is 0 Å². The van der Waals surface area contributed by atoms with Crippen LogP contribution in [0.1, 0.15) is 25.7 Å². The highest BCUT2D eigenvalue weighted by atomic mass is 16.2. The van der Waals surface area contributed by atoms with Crippen LogP contribution in [-0.4, -0.2) is 64.7 Å². The molecule has 3 fully saturated rings. The van der Waals surface area contributed by atoms with Gasteiger partial charge >= 0.3 is 6.03 Å². The number of benzene rings is 1. The Morgan fingerprint density at radius 1 is 1.13 bits per heavy atom. The summed E-state index contributed by atoms with van der Waals surface area (Å²) >= 11 is 0. The molecule has 4 amide bonds. The number of hydrogen-bond donors (Lipinski definition) is 3. The van der Waals surface area contributed by atoms with Crippen molar-refractivity contribution in [3.63, 3.8) is 0 Å². The standard InChI is InChI=1S/C22H26N6O3/c29-19(6-7-22(17-4-5-17)20(30)25-21(31)26-22)28-10-8-27(9-11-28)18-3-1-2-15(12-18)16-13-23-24-14-16/h1-3,12-14,17H,4-11H2,(H,23,24)(H2,25,26,30,31). The smallest absolute Gasteiger partial charge is 0.322 e. The van der Waals surface area contributed by atoms with Crippen molar-refractivity contribution in [2.75, 3.05) is 31.1 Å². The molecule has 0 spiro atoms. The monoisotopic (exact) mass is 422 g/mol. The van der Waals surface area contributed by atoms with E-state index in [2.05, 4.69) is 43.9 Å². The number of anilines is 1. The summed E-state index contributed by atoms with van der Waals surface area (Å²) in [5.74, 6) is -0.0954. The zero-order chi connectivity index (χ0) is 21.4. The first-order chi connectivity index (χ1) is 15.0. The number of aromatic nitrogens is 2. The van der Waals surface area contributed by atoms with Gasteiger partial charge < -0.3 is 15.1 Å². The fourth-order valence-electron chi connectivity index (χ4n) is 4.72. The fraction of sp³-hybridized carbons (Fsp3) is 0.455. The highest BCUT2D eigenvalue weighted by molar-refractivity contribution is 6.07. The second-order valence-electron chi connectivity index (χ2n) is 8.56. The van der Waals surface area contributed by atoms with Gasteiger partial charge in [-0.2, -0.15) is 5.10 Å². The molecule has 3 heterocycles. The molecule has 1 saturated carbocycles. The molecule has 5 rings (SSSR count). The van der Waals surface area contributed by atoms with Gasteiger partial charge in [-0.25, -0.2) is 4.79 Å². The maximum Gasteiger partial charge on any atom is 0.322 e. The summed E-state index contributed by atoms with van der Waals surface area (Å²) in [7, 11) is 0. The summed E-state index contributed by atoms with van der Waals surface area (Å²) < 4.78 is 0. The van der Waals surface area contributed by atoms with Gasteiger partial charge in [0, 0.05) is 50.0 Å². The highest BCUT2D eigenvalue weighted by Gasteiger charge is 2.55. The fourth-order valence-corrected chi connectivity index (χ4v) is 4.72. The zero-order valence-electron chi connectivity index (χ0n) is 17.3. The number of nitrogens with zero attached hydrogens (tertiary/aromatic N) is 3. The van der Waals surface area contributed by atoms with Crippen LogP contribution in [0.15, 0.2) is 36.7 Å². The third-order valence-electron chi connectivity index (χ3n) is 6.65. The molecule has 1 aliphatic carbocycles. The maximum absolute atomic E-state index is 12.8. The van der Waals surface area contributed by atoms with E-state index in [1.807, 2.05) is 17.2 Å². The van der Waals surface area contributed by atoms with Gasteiger partial charge in [0.25, 0.3) is 5.91 Å². The Bertz CT molecular complexity index is 994. The lowest BCUT2D eigenvalue weighted by Gasteiger charge is -2.37. The zero-order valence-corrected chi connectivity index (χ0v) is 17.3. The van der Waals surface area contributed by atoms with Crippen molar-refractivity contribution >= 4 is 23.5 Å². The lowest BCUT2D eigenvalue weighted by molar-refractivity contribution is -0.132. The number of carbonyl (C=O) groups is 3. The van der Waals surface area contributed by atoms with Gasteiger partial charge in [-0.05, 0) is 42.9 Å². The van der Waals surface area contributed by atoms with Gasteiger partial charge in [0.15, 0.2) is 0 Å². The van der Waals surface area contributed by atoms with Crippen molar-refractivity contribution in [1.82, 2.24) is 25.7 Å². The summed E-state index contributed by atoms with van der Waals surface area (Å²) in [6.07, 6.45) is 6.13. The van der Waals surface area contributed by atoms with Crippen LogP contribution in [0.5, 0.6) is 0 Å². The predicted molar refractivity (Wildman–Crippen MR) is 114 cm³/mol. The van der Waals surface area contributed by atoms with Crippen molar-refractivity contribution in [1.29, 1.82) is 0 Å². The van der Waals surface area contributed by atoms with E-state index in [1.165, 1.54) is 0 Å². The largest absolute Gasteiger partial charge is 0.368 e. The number of nitrogens with one attached hydrogen (secondary N) is 3. The Balaban J connectivity index is 1.17. The topological polar surface area (TPSA) is 110 Å². The highest BCUT2D eigenvalue weighted by Crippen LogP contribution is 2.43. The minimum Gasteiger partial charge on any atom is -0.368 e. The molecule has 1 atom stereocenters. The van der Waals surface area contributed by atoms with Crippen molar-refractivity contribution in [2.45, 2.75) is 31.2 Å². The van der Waals surface area contributed by atoms with E-state index >= 15 is 0 Å². The second-order valence-corrected chi connectivity index (χ2v) is 8.56. The lowest BCUT2D eigenvalue weighted by Crippen LogP contribution is -2.51. The van der Waals surface area contributed by atoms with Gasteiger partial charge in [-0.3, -0.25) is 20.0 Å². The first kappa shape index (κ1) is 19.6. The summed E-state index contributed by atoms with van der Waals surface area (Å²) in [6, 6.07) is 7.87. The van der Waals surface area contributed by atoms with Crippen LogP contribution in [0.4, 0.5) is 10.5 Å². The molecule has 31 heavy (non-hydrogen) atoms. The summed E-state index contributed by atoms with van der Waals surface area (Å²) in [5.41, 5.74) is 2.38. The van der Waals surface area contributed by atoms with E-state index in [1.54, 1.807) is 6.20 Å². The minimum absolute atomic E-state index is 0.0424. The van der Waals surface area contributed by atoms with Crippen molar-refractivity contribution in [2.24, 2.45) is 5.92 Å². The SMILES string of the molecule is O=C1NC(=O)C(CCC(=O)N2CCN(c3cccc(-c4cn[nH]c4)c3)CC2)(C2CC2)N1. The van der Waals surface area contributed by atoms with E-state index in [-0.39, 0.29) is 24.2 Å². The molecule has 2 aliphatic heterocycles. The van der Waals surface area contributed by atoms with Gasteiger partial charge in [0.1, 0.15) is 5.54 Å². The van der Waals surface area contributed by atoms with Crippen LogP contribution in [0.25, 0.3) is 11.1 Å². The minimum atomic E-state index is -0.901. The van der Waals surface area contributed by atoms with Crippen LogP contribution in [0.3, 0.4) is 0 Å². The van der Waals surface area contributed by atoms with Crippen LogP contribution in [-0.2, 0) is 9.59 Å². The first-order valence-electron chi connectivity index (χ1n) is 10.8. The van der Waals surface area contributed by atoms with Gasteiger partial charge in [-0.1, -0.05) is 12.1 Å². The van der Waals surface area contributed by atoms with E-state index in [4.69, 9.17) is 0 Å². The summed E-state index contributed by atoms with van der Waals surface area (Å²) in [6.45, 7) is 2.80. The number of carbonyl (C=O) groups excluding carboxylic acids is 3. The Morgan fingerprint density at radius 2 is 1.94 bits per heavy atom. The quantitative estimate of drug-likeness (QED) is 0.611. The Labute approximate surface area is 180 Å². The Hall–Kier alpha value is -3.36. The summed E-state index contributed by atoms with van der Waals surface area (Å²) in [5, 5.41) is 12.0. The molecule has 3 aliphatic rings. The van der Waals surface area contributed by atoms with Crippen molar-refractivity contribution < 1.29 is 14.4 Å². The number of piperazine rings is 1. The van der Waals surface area contributed by atoms with Crippen molar-refractivity contribution in [3.8, 4) is 11.1 Å². The molecule has 9 heteroatoms. The number of rotatable bonds is 6. The van der Waals surface area contributed by atoms with E-state index in [9.17, 15) is 14.4 Å². The molecule has 3 N–H and O–H groups in total.